The molecule has 0 saturated carbocycles. The molecule has 0 aromatic heterocycles. The lowest BCUT2D eigenvalue weighted by Gasteiger charge is -2.18. The molecule has 0 heterocycles. The number of benzene rings is 1. The Morgan fingerprint density at radius 2 is 2.00 bits per heavy atom. The van der Waals surface area contributed by atoms with Crippen molar-refractivity contribution in [3.8, 4) is 11.5 Å². The molecule has 3 heteroatoms. The first-order valence-corrected chi connectivity index (χ1v) is 6.34. The van der Waals surface area contributed by atoms with Gasteiger partial charge in [-0.3, -0.25) is 0 Å². The molecule has 1 atom stereocenters. The van der Waals surface area contributed by atoms with Crippen LogP contribution in [0.25, 0.3) is 0 Å². The standard InChI is InChI=1S/C14H23NO2/c1-4-7-14(11-15-3)17-13-9-6-8-12(10-13)16-5-2/h6,8-10,14-15H,4-5,7,11H2,1-3H3. The van der Waals surface area contributed by atoms with Gasteiger partial charge in [-0.2, -0.15) is 0 Å². The van der Waals surface area contributed by atoms with Crippen molar-refractivity contribution in [3.05, 3.63) is 24.3 Å². The highest BCUT2D eigenvalue weighted by molar-refractivity contribution is 5.33. The summed E-state index contributed by atoms with van der Waals surface area (Å²) in [6, 6.07) is 7.83. The predicted octanol–water partition coefficient (Wildman–Crippen LogP) is 2.85. The maximum absolute atomic E-state index is 5.94. The molecule has 1 rings (SSSR count). The minimum absolute atomic E-state index is 0.224. The highest BCUT2D eigenvalue weighted by atomic mass is 16.5. The SMILES string of the molecule is CCCC(CNC)Oc1cccc(OCC)c1. The average Bonchev–Trinajstić information content (AvgIpc) is 2.30. The van der Waals surface area contributed by atoms with Gasteiger partial charge in [-0.15, -0.1) is 0 Å². The van der Waals surface area contributed by atoms with Crippen molar-refractivity contribution >= 4 is 0 Å². The van der Waals surface area contributed by atoms with Gasteiger partial charge < -0.3 is 14.8 Å². The molecule has 1 aromatic rings. The van der Waals surface area contributed by atoms with E-state index in [9.17, 15) is 0 Å². The van der Waals surface area contributed by atoms with E-state index in [1.165, 1.54) is 0 Å². The summed E-state index contributed by atoms with van der Waals surface area (Å²) in [5.74, 6) is 1.74. The fraction of sp³-hybridized carbons (Fsp3) is 0.571. The van der Waals surface area contributed by atoms with Crippen molar-refractivity contribution in [3.63, 3.8) is 0 Å². The fourth-order valence-corrected chi connectivity index (χ4v) is 1.75. The van der Waals surface area contributed by atoms with E-state index >= 15 is 0 Å². The van der Waals surface area contributed by atoms with Crippen molar-refractivity contribution in [2.75, 3.05) is 20.2 Å². The molecule has 1 aromatic carbocycles. The van der Waals surface area contributed by atoms with Crippen LogP contribution >= 0.6 is 0 Å². The van der Waals surface area contributed by atoms with Crippen LogP contribution in [0.1, 0.15) is 26.7 Å². The largest absolute Gasteiger partial charge is 0.494 e. The summed E-state index contributed by atoms with van der Waals surface area (Å²) in [6.45, 7) is 5.70. The minimum atomic E-state index is 0.224. The molecule has 0 amide bonds. The van der Waals surface area contributed by atoms with Crippen molar-refractivity contribution < 1.29 is 9.47 Å². The smallest absolute Gasteiger partial charge is 0.123 e. The summed E-state index contributed by atoms with van der Waals surface area (Å²) in [5, 5.41) is 3.16. The Balaban J connectivity index is 2.60. The van der Waals surface area contributed by atoms with E-state index in [0.29, 0.717) is 6.61 Å². The van der Waals surface area contributed by atoms with Crippen molar-refractivity contribution in [2.24, 2.45) is 0 Å². The molecular formula is C14H23NO2. The zero-order valence-corrected chi connectivity index (χ0v) is 11.0. The lowest BCUT2D eigenvalue weighted by molar-refractivity contribution is 0.188. The van der Waals surface area contributed by atoms with Crippen molar-refractivity contribution in [1.29, 1.82) is 0 Å². The molecule has 1 unspecified atom stereocenters. The van der Waals surface area contributed by atoms with Gasteiger partial charge in [-0.05, 0) is 32.5 Å². The Morgan fingerprint density at radius 3 is 2.65 bits per heavy atom. The van der Waals surface area contributed by atoms with E-state index in [2.05, 4.69) is 12.2 Å². The van der Waals surface area contributed by atoms with Crippen LogP contribution in [-0.2, 0) is 0 Å². The highest BCUT2D eigenvalue weighted by Gasteiger charge is 2.08. The lowest BCUT2D eigenvalue weighted by atomic mass is 10.2. The molecule has 0 saturated heterocycles. The zero-order chi connectivity index (χ0) is 12.5. The first-order valence-electron chi connectivity index (χ1n) is 6.34. The second-order valence-electron chi connectivity index (χ2n) is 3.99. The predicted molar refractivity (Wildman–Crippen MR) is 70.9 cm³/mol. The summed E-state index contributed by atoms with van der Waals surface area (Å²) in [6.07, 6.45) is 2.40. The Morgan fingerprint density at radius 1 is 1.24 bits per heavy atom. The van der Waals surface area contributed by atoms with E-state index in [4.69, 9.17) is 9.47 Å². The maximum Gasteiger partial charge on any atom is 0.123 e. The first-order chi connectivity index (χ1) is 8.30. The molecule has 0 spiro atoms. The van der Waals surface area contributed by atoms with Crippen molar-refractivity contribution in [1.82, 2.24) is 5.32 Å². The van der Waals surface area contributed by atoms with E-state index in [1.807, 2.05) is 38.2 Å². The van der Waals surface area contributed by atoms with Crippen LogP contribution < -0.4 is 14.8 Å². The molecule has 3 nitrogen and oxygen atoms in total. The Hall–Kier alpha value is -1.22. The monoisotopic (exact) mass is 237 g/mol. The molecule has 0 aliphatic carbocycles. The fourth-order valence-electron chi connectivity index (χ4n) is 1.75. The molecule has 0 fully saturated rings. The Bertz CT molecular complexity index is 309. The maximum atomic E-state index is 5.94. The van der Waals surface area contributed by atoms with Crippen LogP contribution in [0.15, 0.2) is 24.3 Å². The normalized spacial score (nSPS) is 12.2. The van der Waals surface area contributed by atoms with Gasteiger partial charge in [0.05, 0.1) is 6.61 Å². The van der Waals surface area contributed by atoms with Gasteiger partial charge in [0.15, 0.2) is 0 Å². The van der Waals surface area contributed by atoms with Gasteiger partial charge in [-0.1, -0.05) is 19.4 Å². The summed E-state index contributed by atoms with van der Waals surface area (Å²) >= 11 is 0. The van der Waals surface area contributed by atoms with E-state index < -0.39 is 0 Å². The van der Waals surface area contributed by atoms with Crippen LogP contribution in [0, 0.1) is 0 Å². The number of hydrogen-bond acceptors (Lipinski definition) is 3. The van der Waals surface area contributed by atoms with E-state index in [1.54, 1.807) is 0 Å². The molecule has 0 aliphatic rings. The number of likely N-dealkylation sites (N-methyl/N-ethyl adjacent to an activating group) is 1. The molecular weight excluding hydrogens is 214 g/mol. The molecule has 96 valence electrons. The van der Waals surface area contributed by atoms with Gasteiger partial charge >= 0.3 is 0 Å². The first kappa shape index (κ1) is 13.8. The van der Waals surface area contributed by atoms with E-state index in [-0.39, 0.29) is 6.10 Å². The van der Waals surface area contributed by atoms with Crippen LogP contribution in [0.5, 0.6) is 11.5 Å². The van der Waals surface area contributed by atoms with Gasteiger partial charge in [0.25, 0.3) is 0 Å². The summed E-state index contributed by atoms with van der Waals surface area (Å²) in [7, 11) is 1.95. The third-order valence-electron chi connectivity index (χ3n) is 2.46. The second kappa shape index (κ2) is 7.96. The topological polar surface area (TPSA) is 30.5 Å². The molecule has 0 aliphatic heterocycles. The third kappa shape index (κ3) is 5.09. The van der Waals surface area contributed by atoms with Gasteiger partial charge in [0, 0.05) is 12.6 Å². The zero-order valence-electron chi connectivity index (χ0n) is 11.0. The Labute approximate surface area is 104 Å². The van der Waals surface area contributed by atoms with Gasteiger partial charge in [-0.25, -0.2) is 0 Å². The van der Waals surface area contributed by atoms with E-state index in [0.717, 1.165) is 30.9 Å². The number of rotatable bonds is 8. The van der Waals surface area contributed by atoms with Crippen LogP contribution in [-0.4, -0.2) is 26.3 Å². The van der Waals surface area contributed by atoms with Gasteiger partial charge in [0.2, 0.25) is 0 Å². The number of hydrogen-bond donors (Lipinski definition) is 1. The molecule has 1 N–H and O–H groups in total. The summed E-state index contributed by atoms with van der Waals surface area (Å²) < 4.78 is 11.4. The molecule has 0 radical (unpaired) electrons. The lowest BCUT2D eigenvalue weighted by Crippen LogP contribution is -2.29. The number of nitrogens with one attached hydrogen (secondary N) is 1. The summed E-state index contributed by atoms with van der Waals surface area (Å²) in [4.78, 5) is 0. The summed E-state index contributed by atoms with van der Waals surface area (Å²) in [5.41, 5.74) is 0. The Kier molecular flexibility index (Phi) is 6.48. The number of ether oxygens (including phenoxy) is 2. The highest BCUT2D eigenvalue weighted by Crippen LogP contribution is 2.21. The van der Waals surface area contributed by atoms with Gasteiger partial charge in [0.1, 0.15) is 17.6 Å². The van der Waals surface area contributed by atoms with Crippen LogP contribution in [0.4, 0.5) is 0 Å². The van der Waals surface area contributed by atoms with Crippen molar-refractivity contribution in [2.45, 2.75) is 32.8 Å². The second-order valence-corrected chi connectivity index (χ2v) is 3.99. The molecule has 0 bridgehead atoms. The van der Waals surface area contributed by atoms with Crippen LogP contribution in [0.2, 0.25) is 0 Å². The van der Waals surface area contributed by atoms with Crippen LogP contribution in [0.3, 0.4) is 0 Å². The average molecular weight is 237 g/mol. The third-order valence-corrected chi connectivity index (χ3v) is 2.46. The molecule has 17 heavy (non-hydrogen) atoms. The quantitative estimate of drug-likeness (QED) is 0.754. The minimum Gasteiger partial charge on any atom is -0.494 e.